The Morgan fingerprint density at radius 1 is 1.16 bits per heavy atom. The second kappa shape index (κ2) is 4.51. The molecule has 0 aliphatic rings. The third-order valence-electron chi connectivity index (χ3n) is 3.01. The number of halogens is 3. The van der Waals surface area contributed by atoms with Gasteiger partial charge in [-0.15, -0.1) is 0 Å². The molecule has 2 aromatic heterocycles. The van der Waals surface area contributed by atoms with E-state index in [-0.39, 0.29) is 5.02 Å². The van der Waals surface area contributed by atoms with Crippen molar-refractivity contribution in [2.24, 2.45) is 0 Å². The quantitative estimate of drug-likeness (QED) is 0.633. The molecule has 19 heavy (non-hydrogen) atoms. The lowest BCUT2D eigenvalue weighted by molar-refractivity contribution is 0.628. The van der Waals surface area contributed by atoms with Gasteiger partial charge in [0, 0.05) is 17.5 Å². The third kappa shape index (κ3) is 2.09. The van der Waals surface area contributed by atoms with E-state index in [1.807, 2.05) is 17.4 Å². The standard InChI is InChI=1S/C14H9Cl2FN2/c1-8-14(9-2-4-12(17)11(16)6-9)18-13-5-3-10(15)7-19(8)13/h2-7H,1H3. The monoisotopic (exact) mass is 294 g/mol. The number of aryl methyl sites for hydroxylation is 1. The highest BCUT2D eigenvalue weighted by molar-refractivity contribution is 6.31. The molecule has 0 saturated heterocycles. The smallest absolute Gasteiger partial charge is 0.141 e. The highest BCUT2D eigenvalue weighted by atomic mass is 35.5. The number of fused-ring (bicyclic) bond motifs is 1. The lowest BCUT2D eigenvalue weighted by Crippen LogP contribution is -1.87. The molecule has 0 saturated carbocycles. The Balaban J connectivity index is 2.24. The summed E-state index contributed by atoms with van der Waals surface area (Å²) in [6, 6.07) is 8.20. The molecule has 0 bridgehead atoms. The van der Waals surface area contributed by atoms with Crippen LogP contribution in [0.2, 0.25) is 10.0 Å². The Bertz CT molecular complexity index is 780. The largest absolute Gasteiger partial charge is 0.302 e. The molecule has 0 spiro atoms. The van der Waals surface area contributed by atoms with E-state index in [2.05, 4.69) is 4.98 Å². The molecule has 5 heteroatoms. The summed E-state index contributed by atoms with van der Waals surface area (Å²) >= 11 is 11.8. The minimum Gasteiger partial charge on any atom is -0.302 e. The molecule has 2 nitrogen and oxygen atoms in total. The number of pyridine rings is 1. The second-order valence-electron chi connectivity index (χ2n) is 4.25. The molecule has 0 aliphatic carbocycles. The van der Waals surface area contributed by atoms with Crippen LogP contribution >= 0.6 is 23.2 Å². The Morgan fingerprint density at radius 3 is 2.68 bits per heavy atom. The molecular weight excluding hydrogens is 286 g/mol. The first-order valence-corrected chi connectivity index (χ1v) is 6.41. The van der Waals surface area contributed by atoms with Crippen LogP contribution in [0.1, 0.15) is 5.69 Å². The van der Waals surface area contributed by atoms with Crippen molar-refractivity contribution in [2.75, 3.05) is 0 Å². The number of aromatic nitrogens is 2. The summed E-state index contributed by atoms with van der Waals surface area (Å²) in [6.07, 6.45) is 1.80. The Kier molecular flexibility index (Phi) is 2.96. The molecule has 0 radical (unpaired) electrons. The van der Waals surface area contributed by atoms with E-state index in [4.69, 9.17) is 23.2 Å². The number of nitrogens with zero attached hydrogens (tertiary/aromatic N) is 2. The van der Waals surface area contributed by atoms with Crippen LogP contribution in [0.25, 0.3) is 16.9 Å². The van der Waals surface area contributed by atoms with Crippen molar-refractivity contribution < 1.29 is 4.39 Å². The summed E-state index contributed by atoms with van der Waals surface area (Å²) in [5, 5.41) is 0.726. The van der Waals surface area contributed by atoms with Gasteiger partial charge in [0.05, 0.1) is 15.7 Å². The van der Waals surface area contributed by atoms with Crippen molar-refractivity contribution in [3.05, 3.63) is 58.1 Å². The van der Waals surface area contributed by atoms with Crippen LogP contribution in [-0.4, -0.2) is 9.38 Å². The normalized spacial score (nSPS) is 11.2. The van der Waals surface area contributed by atoms with E-state index < -0.39 is 5.82 Å². The molecule has 0 N–H and O–H groups in total. The zero-order valence-electron chi connectivity index (χ0n) is 9.99. The molecule has 3 aromatic rings. The van der Waals surface area contributed by atoms with Crippen LogP contribution in [0.4, 0.5) is 4.39 Å². The average Bonchev–Trinajstić information content (AvgIpc) is 2.70. The highest BCUT2D eigenvalue weighted by Gasteiger charge is 2.12. The molecule has 1 aromatic carbocycles. The van der Waals surface area contributed by atoms with E-state index in [1.54, 1.807) is 24.4 Å². The summed E-state index contributed by atoms with van der Waals surface area (Å²) < 4.78 is 15.1. The number of imidazole rings is 1. The maximum atomic E-state index is 13.2. The molecule has 0 fully saturated rings. The number of hydrogen-bond donors (Lipinski definition) is 0. The van der Waals surface area contributed by atoms with E-state index >= 15 is 0 Å². The van der Waals surface area contributed by atoms with Crippen LogP contribution in [-0.2, 0) is 0 Å². The summed E-state index contributed by atoms with van der Waals surface area (Å²) in [5.74, 6) is -0.435. The van der Waals surface area contributed by atoms with Crippen molar-refractivity contribution in [1.29, 1.82) is 0 Å². The molecule has 96 valence electrons. The van der Waals surface area contributed by atoms with Gasteiger partial charge in [0.15, 0.2) is 0 Å². The topological polar surface area (TPSA) is 17.3 Å². The van der Waals surface area contributed by atoms with Gasteiger partial charge in [0.25, 0.3) is 0 Å². The third-order valence-corrected chi connectivity index (χ3v) is 3.53. The van der Waals surface area contributed by atoms with Gasteiger partial charge >= 0.3 is 0 Å². The molecule has 3 rings (SSSR count). The van der Waals surface area contributed by atoms with Gasteiger partial charge in [0.1, 0.15) is 11.5 Å². The Hall–Kier alpha value is -1.58. The van der Waals surface area contributed by atoms with Crippen LogP contribution in [0.3, 0.4) is 0 Å². The predicted molar refractivity (Wildman–Crippen MR) is 75.3 cm³/mol. The average molecular weight is 295 g/mol. The molecule has 0 aliphatic heterocycles. The van der Waals surface area contributed by atoms with Gasteiger partial charge in [-0.1, -0.05) is 23.2 Å². The van der Waals surface area contributed by atoms with Crippen molar-refractivity contribution in [1.82, 2.24) is 9.38 Å². The Labute approximate surface area is 119 Å². The van der Waals surface area contributed by atoms with Crippen molar-refractivity contribution in [3.63, 3.8) is 0 Å². The fourth-order valence-electron chi connectivity index (χ4n) is 2.05. The van der Waals surface area contributed by atoms with Crippen molar-refractivity contribution in [2.45, 2.75) is 6.92 Å². The van der Waals surface area contributed by atoms with E-state index in [0.717, 1.165) is 22.6 Å². The zero-order valence-corrected chi connectivity index (χ0v) is 11.5. The van der Waals surface area contributed by atoms with Crippen molar-refractivity contribution >= 4 is 28.8 Å². The SMILES string of the molecule is Cc1c(-c2ccc(F)c(Cl)c2)nc2ccc(Cl)cn12. The number of hydrogen-bond acceptors (Lipinski definition) is 1. The molecule has 0 unspecified atom stereocenters. The summed E-state index contributed by atoms with van der Waals surface area (Å²) in [5.41, 5.74) is 3.27. The maximum Gasteiger partial charge on any atom is 0.141 e. The van der Waals surface area contributed by atoms with Crippen LogP contribution in [0.15, 0.2) is 36.5 Å². The second-order valence-corrected chi connectivity index (χ2v) is 5.09. The minimum absolute atomic E-state index is 0.0898. The van der Waals surface area contributed by atoms with Crippen molar-refractivity contribution in [3.8, 4) is 11.3 Å². The number of benzene rings is 1. The summed E-state index contributed by atoms with van der Waals surface area (Å²) in [4.78, 5) is 4.52. The van der Waals surface area contributed by atoms with E-state index in [1.165, 1.54) is 6.07 Å². The van der Waals surface area contributed by atoms with E-state index in [9.17, 15) is 4.39 Å². The lowest BCUT2D eigenvalue weighted by atomic mass is 10.1. The number of rotatable bonds is 1. The fraction of sp³-hybridized carbons (Fsp3) is 0.0714. The van der Waals surface area contributed by atoms with Gasteiger partial charge in [0.2, 0.25) is 0 Å². The van der Waals surface area contributed by atoms with Gasteiger partial charge in [-0.05, 0) is 37.3 Å². The predicted octanol–water partition coefficient (Wildman–Crippen LogP) is 4.76. The van der Waals surface area contributed by atoms with Gasteiger partial charge in [-0.2, -0.15) is 0 Å². The first-order chi connectivity index (χ1) is 9.06. The molecular formula is C14H9Cl2FN2. The van der Waals surface area contributed by atoms with Gasteiger partial charge in [-0.25, -0.2) is 9.37 Å². The summed E-state index contributed by atoms with van der Waals surface area (Å²) in [7, 11) is 0. The molecule has 2 heterocycles. The minimum atomic E-state index is -0.435. The van der Waals surface area contributed by atoms with Crippen LogP contribution in [0.5, 0.6) is 0 Å². The van der Waals surface area contributed by atoms with Crippen LogP contribution < -0.4 is 0 Å². The molecule has 0 amide bonds. The van der Waals surface area contributed by atoms with Gasteiger partial charge < -0.3 is 4.40 Å². The first-order valence-electron chi connectivity index (χ1n) is 5.66. The Morgan fingerprint density at radius 2 is 1.95 bits per heavy atom. The van der Waals surface area contributed by atoms with Crippen LogP contribution in [0, 0.1) is 12.7 Å². The van der Waals surface area contributed by atoms with Gasteiger partial charge in [-0.3, -0.25) is 0 Å². The highest BCUT2D eigenvalue weighted by Crippen LogP contribution is 2.28. The summed E-state index contributed by atoms with van der Waals surface area (Å²) in [6.45, 7) is 1.93. The lowest BCUT2D eigenvalue weighted by Gasteiger charge is -2.01. The molecule has 0 atom stereocenters. The fourth-order valence-corrected chi connectivity index (χ4v) is 2.39. The van der Waals surface area contributed by atoms with E-state index in [0.29, 0.717) is 5.02 Å². The maximum absolute atomic E-state index is 13.2. The first kappa shape index (κ1) is 12.5. The zero-order chi connectivity index (χ0) is 13.6.